The summed E-state index contributed by atoms with van der Waals surface area (Å²) in [4.78, 5) is 14.0. The van der Waals surface area contributed by atoms with Gasteiger partial charge in [-0.25, -0.2) is 0 Å². The fourth-order valence-corrected chi connectivity index (χ4v) is 2.66. The van der Waals surface area contributed by atoms with Crippen molar-refractivity contribution in [3.05, 3.63) is 0 Å². The Balaban J connectivity index is 2.63. The quantitative estimate of drug-likeness (QED) is 0.700. The smallest absolute Gasteiger partial charge is 0.311 e. The molecule has 1 rings (SSSR count). The highest BCUT2D eigenvalue weighted by Crippen LogP contribution is 2.32. The van der Waals surface area contributed by atoms with Crippen LogP contribution in [0.25, 0.3) is 0 Å². The molecule has 0 atom stereocenters. The van der Waals surface area contributed by atoms with Crippen LogP contribution >= 0.6 is 0 Å². The minimum Gasteiger partial charge on any atom is -0.481 e. The summed E-state index contributed by atoms with van der Waals surface area (Å²) < 4.78 is 5.34. The van der Waals surface area contributed by atoms with Gasteiger partial charge in [-0.15, -0.1) is 0 Å². The van der Waals surface area contributed by atoms with Crippen LogP contribution in [-0.2, 0) is 9.53 Å². The van der Waals surface area contributed by atoms with Crippen LogP contribution in [0.15, 0.2) is 0 Å². The van der Waals surface area contributed by atoms with Crippen molar-refractivity contribution in [2.24, 2.45) is 5.41 Å². The van der Waals surface area contributed by atoms with Gasteiger partial charge >= 0.3 is 5.97 Å². The predicted octanol–water partition coefficient (Wildman–Crippen LogP) is 2.77. The lowest BCUT2D eigenvalue weighted by Gasteiger charge is -2.37. The lowest BCUT2D eigenvalue weighted by atomic mass is 9.79. The summed E-state index contributed by atoms with van der Waals surface area (Å²) in [5, 5.41) is 9.61. The molecule has 1 heterocycles. The monoisotopic (exact) mass is 271 g/mol. The van der Waals surface area contributed by atoms with E-state index in [0.29, 0.717) is 32.6 Å². The van der Waals surface area contributed by atoms with Crippen molar-refractivity contribution in [3.63, 3.8) is 0 Å². The summed E-state index contributed by atoms with van der Waals surface area (Å²) in [5.74, 6) is -0.645. The molecule has 112 valence electrons. The molecule has 1 aliphatic heterocycles. The van der Waals surface area contributed by atoms with Crippen LogP contribution in [0.3, 0.4) is 0 Å². The summed E-state index contributed by atoms with van der Waals surface area (Å²) in [6.45, 7) is 8.26. The van der Waals surface area contributed by atoms with Gasteiger partial charge in [0, 0.05) is 19.8 Å². The molecule has 0 aromatic carbocycles. The summed E-state index contributed by atoms with van der Waals surface area (Å²) in [7, 11) is 0. The first-order valence-corrected chi connectivity index (χ1v) is 7.68. The summed E-state index contributed by atoms with van der Waals surface area (Å²) in [5.41, 5.74) is -0.584. The minimum atomic E-state index is -0.645. The molecule has 0 saturated carbocycles. The maximum atomic E-state index is 11.7. The number of carbonyl (C=O) groups is 1. The Morgan fingerprint density at radius 2 is 1.68 bits per heavy atom. The highest BCUT2D eigenvalue weighted by molar-refractivity contribution is 5.75. The van der Waals surface area contributed by atoms with E-state index in [4.69, 9.17) is 4.74 Å². The molecule has 1 aliphatic rings. The Morgan fingerprint density at radius 3 is 2.11 bits per heavy atom. The SMILES string of the molecule is CCCCN(CCCC)CC1(C(=O)O)CCOCC1. The maximum absolute atomic E-state index is 11.7. The van der Waals surface area contributed by atoms with Crippen molar-refractivity contribution < 1.29 is 14.6 Å². The van der Waals surface area contributed by atoms with Crippen LogP contribution < -0.4 is 0 Å². The number of aliphatic carboxylic acids is 1. The lowest BCUT2D eigenvalue weighted by molar-refractivity contribution is -0.156. The molecule has 0 aromatic heterocycles. The number of rotatable bonds is 9. The topological polar surface area (TPSA) is 49.8 Å². The number of hydrogen-bond acceptors (Lipinski definition) is 3. The van der Waals surface area contributed by atoms with Gasteiger partial charge in [-0.05, 0) is 38.8 Å². The molecule has 0 spiro atoms. The number of carboxylic acids is 1. The maximum Gasteiger partial charge on any atom is 0.311 e. The van der Waals surface area contributed by atoms with E-state index in [0.717, 1.165) is 38.8 Å². The van der Waals surface area contributed by atoms with Gasteiger partial charge in [-0.1, -0.05) is 26.7 Å². The minimum absolute atomic E-state index is 0.584. The van der Waals surface area contributed by atoms with Crippen molar-refractivity contribution in [2.75, 3.05) is 32.8 Å². The first-order valence-electron chi connectivity index (χ1n) is 7.68. The molecule has 0 aliphatic carbocycles. The van der Waals surface area contributed by atoms with Crippen LogP contribution in [0.1, 0.15) is 52.4 Å². The van der Waals surface area contributed by atoms with E-state index < -0.39 is 11.4 Å². The second-order valence-corrected chi connectivity index (χ2v) is 5.68. The molecule has 4 nitrogen and oxygen atoms in total. The van der Waals surface area contributed by atoms with Gasteiger partial charge in [0.05, 0.1) is 5.41 Å². The van der Waals surface area contributed by atoms with E-state index in [1.165, 1.54) is 0 Å². The Labute approximate surface area is 117 Å². The molecule has 0 radical (unpaired) electrons. The fourth-order valence-electron chi connectivity index (χ4n) is 2.66. The summed E-state index contributed by atoms with van der Waals surface area (Å²) in [6, 6.07) is 0. The van der Waals surface area contributed by atoms with Crippen LogP contribution in [0, 0.1) is 5.41 Å². The number of ether oxygens (including phenoxy) is 1. The zero-order chi connectivity index (χ0) is 14.1. The number of nitrogens with zero attached hydrogens (tertiary/aromatic N) is 1. The van der Waals surface area contributed by atoms with E-state index in [1.807, 2.05) is 0 Å². The van der Waals surface area contributed by atoms with Gasteiger partial charge in [0.1, 0.15) is 0 Å². The molecule has 0 bridgehead atoms. The first kappa shape index (κ1) is 16.4. The zero-order valence-corrected chi connectivity index (χ0v) is 12.5. The van der Waals surface area contributed by atoms with Gasteiger partial charge in [0.2, 0.25) is 0 Å². The molecule has 1 saturated heterocycles. The largest absolute Gasteiger partial charge is 0.481 e. The van der Waals surface area contributed by atoms with Crippen LogP contribution in [-0.4, -0.2) is 48.8 Å². The molecular formula is C15H29NO3. The van der Waals surface area contributed by atoms with E-state index in [2.05, 4.69) is 18.7 Å². The highest BCUT2D eigenvalue weighted by Gasteiger charge is 2.41. The molecule has 19 heavy (non-hydrogen) atoms. The van der Waals surface area contributed by atoms with Gasteiger partial charge in [-0.2, -0.15) is 0 Å². The van der Waals surface area contributed by atoms with E-state index in [9.17, 15) is 9.90 Å². The Bertz CT molecular complexity index is 254. The van der Waals surface area contributed by atoms with E-state index in [1.54, 1.807) is 0 Å². The van der Waals surface area contributed by atoms with E-state index >= 15 is 0 Å². The van der Waals surface area contributed by atoms with Crippen LogP contribution in [0.4, 0.5) is 0 Å². The normalized spacial score (nSPS) is 18.7. The third kappa shape index (κ3) is 5.11. The summed E-state index contributed by atoms with van der Waals surface area (Å²) >= 11 is 0. The molecule has 4 heteroatoms. The average Bonchev–Trinajstić information content (AvgIpc) is 2.42. The summed E-state index contributed by atoms with van der Waals surface area (Å²) in [6.07, 6.45) is 5.91. The second kappa shape index (κ2) is 8.54. The standard InChI is InChI=1S/C15H29NO3/c1-3-5-9-16(10-6-4-2)13-15(14(17)18)7-11-19-12-8-15/h3-13H2,1-2H3,(H,17,18). The molecule has 1 N–H and O–H groups in total. The molecule has 0 amide bonds. The highest BCUT2D eigenvalue weighted by atomic mass is 16.5. The Kier molecular flexibility index (Phi) is 7.39. The average molecular weight is 271 g/mol. The number of unbranched alkanes of at least 4 members (excludes halogenated alkanes) is 2. The van der Waals surface area contributed by atoms with Crippen molar-refractivity contribution in [1.29, 1.82) is 0 Å². The van der Waals surface area contributed by atoms with E-state index in [-0.39, 0.29) is 0 Å². The Hall–Kier alpha value is -0.610. The predicted molar refractivity (Wildman–Crippen MR) is 76.4 cm³/mol. The molecular weight excluding hydrogens is 242 g/mol. The van der Waals surface area contributed by atoms with Crippen molar-refractivity contribution in [2.45, 2.75) is 52.4 Å². The third-order valence-electron chi connectivity index (χ3n) is 4.09. The van der Waals surface area contributed by atoms with Gasteiger partial charge in [0.15, 0.2) is 0 Å². The van der Waals surface area contributed by atoms with Crippen molar-refractivity contribution >= 4 is 5.97 Å². The number of hydrogen-bond donors (Lipinski definition) is 1. The number of carboxylic acid groups (broad SMARTS) is 1. The van der Waals surface area contributed by atoms with Crippen LogP contribution in [0.2, 0.25) is 0 Å². The van der Waals surface area contributed by atoms with Crippen molar-refractivity contribution in [3.8, 4) is 0 Å². The molecule has 0 unspecified atom stereocenters. The first-order chi connectivity index (χ1) is 9.14. The lowest BCUT2D eigenvalue weighted by Crippen LogP contribution is -2.47. The van der Waals surface area contributed by atoms with Crippen molar-refractivity contribution in [1.82, 2.24) is 4.90 Å². The third-order valence-corrected chi connectivity index (χ3v) is 4.09. The van der Waals surface area contributed by atoms with Gasteiger partial charge in [0.25, 0.3) is 0 Å². The molecule has 1 fully saturated rings. The van der Waals surface area contributed by atoms with Gasteiger partial charge < -0.3 is 14.7 Å². The Morgan fingerprint density at radius 1 is 1.16 bits per heavy atom. The van der Waals surface area contributed by atoms with Gasteiger partial charge in [-0.3, -0.25) is 4.79 Å². The zero-order valence-electron chi connectivity index (χ0n) is 12.5. The second-order valence-electron chi connectivity index (χ2n) is 5.68. The van der Waals surface area contributed by atoms with Crippen LogP contribution in [0.5, 0.6) is 0 Å². The fraction of sp³-hybridized carbons (Fsp3) is 0.933. The molecule has 0 aromatic rings.